The molecule has 1 aliphatic heterocycles. The number of carbonyl (C=O) groups is 2. The Labute approximate surface area is 210 Å². The van der Waals surface area contributed by atoms with Crippen molar-refractivity contribution in [2.24, 2.45) is 0 Å². The van der Waals surface area contributed by atoms with Crippen LogP contribution in [0.5, 0.6) is 11.5 Å². The molecule has 0 amide bonds. The van der Waals surface area contributed by atoms with Gasteiger partial charge in [0.15, 0.2) is 17.3 Å². The molecule has 0 aromatic heterocycles. The average molecular weight is 496 g/mol. The molecule has 2 atom stereocenters. The molecule has 1 aliphatic carbocycles. The van der Waals surface area contributed by atoms with E-state index in [1.807, 2.05) is 43.3 Å². The summed E-state index contributed by atoms with van der Waals surface area (Å²) in [5.74, 6) is 0.155. The number of dihydropyridines is 1. The summed E-state index contributed by atoms with van der Waals surface area (Å²) < 4.78 is 16.4. The van der Waals surface area contributed by atoms with E-state index in [0.29, 0.717) is 46.2 Å². The SMILES string of the molecule is COc1ccc([C@H]2CC(=O)C3=C(C2)NC(C)=C(C(=O)OC(C)C)[C@H]3c2ccccc2Cl)cc1OC. The maximum atomic E-state index is 13.7. The van der Waals surface area contributed by atoms with Crippen molar-refractivity contribution in [2.45, 2.75) is 51.6 Å². The van der Waals surface area contributed by atoms with Gasteiger partial charge in [0.25, 0.3) is 0 Å². The highest BCUT2D eigenvalue weighted by atomic mass is 35.5. The van der Waals surface area contributed by atoms with Gasteiger partial charge in [0.1, 0.15) is 0 Å². The van der Waals surface area contributed by atoms with Gasteiger partial charge in [0, 0.05) is 34.3 Å². The molecule has 0 saturated heterocycles. The maximum absolute atomic E-state index is 13.7. The molecule has 6 nitrogen and oxygen atoms in total. The van der Waals surface area contributed by atoms with Crippen LogP contribution < -0.4 is 14.8 Å². The highest BCUT2D eigenvalue weighted by molar-refractivity contribution is 6.31. The van der Waals surface area contributed by atoms with Crippen LogP contribution in [0.15, 0.2) is 65.0 Å². The Kier molecular flexibility index (Phi) is 7.22. The molecule has 0 fully saturated rings. The minimum atomic E-state index is -0.593. The molecule has 184 valence electrons. The number of nitrogens with one attached hydrogen (secondary N) is 1. The number of ketones is 1. The Balaban J connectivity index is 1.79. The molecule has 0 radical (unpaired) electrons. The third-order valence-electron chi connectivity index (χ3n) is 6.49. The molecule has 2 aromatic rings. The Bertz CT molecular complexity index is 1230. The van der Waals surface area contributed by atoms with E-state index < -0.39 is 11.9 Å². The number of halogens is 1. The van der Waals surface area contributed by atoms with E-state index >= 15 is 0 Å². The molecule has 2 aromatic carbocycles. The third kappa shape index (κ3) is 4.80. The van der Waals surface area contributed by atoms with Crippen LogP contribution in [0.3, 0.4) is 0 Å². The van der Waals surface area contributed by atoms with Gasteiger partial charge in [-0.15, -0.1) is 0 Å². The Morgan fingerprint density at radius 1 is 1.06 bits per heavy atom. The fourth-order valence-corrected chi connectivity index (χ4v) is 5.19. The summed E-state index contributed by atoms with van der Waals surface area (Å²) in [7, 11) is 3.19. The molecule has 0 bridgehead atoms. The number of Topliss-reactive ketones (excluding diaryl/α,β-unsaturated/α-hetero) is 1. The minimum Gasteiger partial charge on any atom is -0.493 e. The summed E-state index contributed by atoms with van der Waals surface area (Å²) in [6.07, 6.45) is 0.630. The van der Waals surface area contributed by atoms with Gasteiger partial charge < -0.3 is 19.5 Å². The molecule has 0 spiro atoms. The van der Waals surface area contributed by atoms with Crippen molar-refractivity contribution in [3.05, 3.63) is 81.2 Å². The lowest BCUT2D eigenvalue weighted by atomic mass is 9.71. The smallest absolute Gasteiger partial charge is 0.337 e. The van der Waals surface area contributed by atoms with E-state index in [1.165, 1.54) is 0 Å². The lowest BCUT2D eigenvalue weighted by Gasteiger charge is -2.37. The standard InChI is InChI=1S/C28H30ClNO5/c1-15(2)35-28(32)25-16(3)30-21-12-18(17-10-11-23(33-4)24(14-17)34-5)13-22(31)27(21)26(25)19-8-6-7-9-20(19)29/h6-11,14-15,18,26,30H,12-13H2,1-5H3/t18-,26-/m1/s1. The molecular formula is C28H30ClNO5. The number of carbonyl (C=O) groups excluding carboxylic acids is 2. The number of hydrogen-bond donors (Lipinski definition) is 1. The predicted molar refractivity (Wildman–Crippen MR) is 135 cm³/mol. The number of hydrogen-bond acceptors (Lipinski definition) is 6. The molecule has 1 heterocycles. The second-order valence-electron chi connectivity index (χ2n) is 9.11. The van der Waals surface area contributed by atoms with Crippen molar-refractivity contribution in [2.75, 3.05) is 14.2 Å². The number of rotatable bonds is 6. The van der Waals surface area contributed by atoms with Crippen molar-refractivity contribution in [3.63, 3.8) is 0 Å². The molecule has 0 saturated carbocycles. The third-order valence-corrected chi connectivity index (χ3v) is 6.83. The summed E-state index contributed by atoms with van der Waals surface area (Å²) in [6.45, 7) is 5.45. The van der Waals surface area contributed by atoms with E-state index in [4.69, 9.17) is 25.8 Å². The normalized spacial score (nSPS) is 19.9. The van der Waals surface area contributed by atoms with Crippen molar-refractivity contribution in [1.29, 1.82) is 0 Å². The Hall–Kier alpha value is -3.25. The Morgan fingerprint density at radius 2 is 1.77 bits per heavy atom. The summed E-state index contributed by atoms with van der Waals surface area (Å²) in [6, 6.07) is 13.1. The average Bonchev–Trinajstić information content (AvgIpc) is 2.82. The van der Waals surface area contributed by atoms with Crippen LogP contribution in [0.2, 0.25) is 5.02 Å². The maximum Gasteiger partial charge on any atom is 0.337 e. The zero-order chi connectivity index (χ0) is 25.3. The number of ether oxygens (including phenoxy) is 3. The van der Waals surface area contributed by atoms with Crippen molar-refractivity contribution in [1.82, 2.24) is 5.32 Å². The molecule has 0 unspecified atom stereocenters. The molecule has 1 N–H and O–H groups in total. The van der Waals surface area contributed by atoms with E-state index in [9.17, 15) is 9.59 Å². The first-order chi connectivity index (χ1) is 16.7. The van der Waals surface area contributed by atoms with Gasteiger partial charge in [0.05, 0.1) is 25.9 Å². The molecular weight excluding hydrogens is 466 g/mol. The van der Waals surface area contributed by atoms with Crippen LogP contribution in [0.4, 0.5) is 0 Å². The fourth-order valence-electron chi connectivity index (χ4n) is 4.95. The van der Waals surface area contributed by atoms with E-state index in [-0.39, 0.29) is 17.8 Å². The van der Waals surface area contributed by atoms with Crippen LogP contribution in [-0.2, 0) is 14.3 Å². The quantitative estimate of drug-likeness (QED) is 0.520. The lowest BCUT2D eigenvalue weighted by molar-refractivity contribution is -0.143. The summed E-state index contributed by atoms with van der Waals surface area (Å²) >= 11 is 6.59. The van der Waals surface area contributed by atoms with Gasteiger partial charge in [-0.3, -0.25) is 4.79 Å². The fraction of sp³-hybridized carbons (Fsp3) is 0.357. The van der Waals surface area contributed by atoms with Gasteiger partial charge in [-0.05, 0) is 62.4 Å². The van der Waals surface area contributed by atoms with Crippen LogP contribution in [0, 0.1) is 0 Å². The number of allylic oxidation sites excluding steroid dienone is 3. The number of methoxy groups -OCH3 is 2. The van der Waals surface area contributed by atoms with E-state index in [1.54, 1.807) is 34.1 Å². The van der Waals surface area contributed by atoms with Crippen LogP contribution >= 0.6 is 11.6 Å². The zero-order valence-corrected chi connectivity index (χ0v) is 21.4. The van der Waals surface area contributed by atoms with Gasteiger partial charge >= 0.3 is 5.97 Å². The number of benzene rings is 2. The largest absolute Gasteiger partial charge is 0.493 e. The van der Waals surface area contributed by atoms with Crippen LogP contribution in [0.25, 0.3) is 0 Å². The van der Waals surface area contributed by atoms with E-state index in [0.717, 1.165) is 16.8 Å². The van der Waals surface area contributed by atoms with Gasteiger partial charge in [-0.2, -0.15) is 0 Å². The molecule has 7 heteroatoms. The van der Waals surface area contributed by atoms with Crippen LogP contribution in [-0.4, -0.2) is 32.1 Å². The van der Waals surface area contributed by atoms with Gasteiger partial charge in [-0.25, -0.2) is 4.79 Å². The van der Waals surface area contributed by atoms with Gasteiger partial charge in [-0.1, -0.05) is 35.9 Å². The first kappa shape index (κ1) is 24.9. The summed E-state index contributed by atoms with van der Waals surface area (Å²) in [5.41, 5.74) is 4.19. The highest BCUT2D eigenvalue weighted by Crippen LogP contribution is 2.47. The molecule has 4 rings (SSSR count). The predicted octanol–water partition coefficient (Wildman–Crippen LogP) is 5.67. The highest BCUT2D eigenvalue weighted by Gasteiger charge is 2.42. The minimum absolute atomic E-state index is 0.0224. The first-order valence-electron chi connectivity index (χ1n) is 11.7. The second-order valence-corrected chi connectivity index (χ2v) is 9.51. The Morgan fingerprint density at radius 3 is 2.43 bits per heavy atom. The van der Waals surface area contributed by atoms with Crippen LogP contribution in [0.1, 0.15) is 56.6 Å². The summed E-state index contributed by atoms with van der Waals surface area (Å²) in [5, 5.41) is 3.87. The topological polar surface area (TPSA) is 73.9 Å². The van der Waals surface area contributed by atoms with Crippen molar-refractivity contribution in [3.8, 4) is 11.5 Å². The lowest BCUT2D eigenvalue weighted by Crippen LogP contribution is -2.36. The molecule has 2 aliphatic rings. The monoisotopic (exact) mass is 495 g/mol. The molecule has 35 heavy (non-hydrogen) atoms. The van der Waals surface area contributed by atoms with Crippen molar-refractivity contribution >= 4 is 23.4 Å². The van der Waals surface area contributed by atoms with Gasteiger partial charge in [0.2, 0.25) is 0 Å². The zero-order valence-electron chi connectivity index (χ0n) is 20.6. The summed E-state index contributed by atoms with van der Waals surface area (Å²) in [4.78, 5) is 26.9. The van der Waals surface area contributed by atoms with Crippen molar-refractivity contribution < 1.29 is 23.8 Å². The number of esters is 1. The van der Waals surface area contributed by atoms with E-state index in [2.05, 4.69) is 5.32 Å². The second kappa shape index (κ2) is 10.2. The first-order valence-corrected chi connectivity index (χ1v) is 12.0.